The summed E-state index contributed by atoms with van der Waals surface area (Å²) in [5.74, 6) is 0.337. The first-order valence-electron chi connectivity index (χ1n) is 5.86. The third-order valence-corrected chi connectivity index (χ3v) is 1.62. The largest absolute Gasteiger partial charge is 0.444 e. The standard InChI is InChI=1S/C12H24N4O2/c1-9(2)8-16-10(13)14-6-7-15-11(17)18-12(3,4)5/h1,6-8H2,2-5H3,(H,15,17)(H3,13,14,16). The molecule has 6 nitrogen and oxygen atoms in total. The summed E-state index contributed by atoms with van der Waals surface area (Å²) in [6, 6.07) is 0. The highest BCUT2D eigenvalue weighted by Crippen LogP contribution is 2.05. The van der Waals surface area contributed by atoms with Crippen LogP contribution in [0.1, 0.15) is 27.7 Å². The first kappa shape index (κ1) is 16.3. The number of hydrogen-bond donors (Lipinski definition) is 3. The highest BCUT2D eigenvalue weighted by Gasteiger charge is 2.15. The van der Waals surface area contributed by atoms with Crippen LogP contribution in [-0.2, 0) is 4.74 Å². The predicted octanol–water partition coefficient (Wildman–Crippen LogP) is 0.991. The van der Waals surface area contributed by atoms with E-state index < -0.39 is 11.7 Å². The van der Waals surface area contributed by atoms with Gasteiger partial charge in [-0.2, -0.15) is 0 Å². The van der Waals surface area contributed by atoms with E-state index in [2.05, 4.69) is 22.2 Å². The second-order valence-electron chi connectivity index (χ2n) is 5.01. The predicted molar refractivity (Wildman–Crippen MR) is 73.5 cm³/mol. The molecule has 0 aliphatic heterocycles. The average Bonchev–Trinajstić information content (AvgIpc) is 2.19. The van der Waals surface area contributed by atoms with E-state index in [-0.39, 0.29) is 0 Å². The lowest BCUT2D eigenvalue weighted by Gasteiger charge is -2.19. The van der Waals surface area contributed by atoms with Crippen molar-refractivity contribution in [2.75, 3.05) is 19.6 Å². The van der Waals surface area contributed by atoms with Gasteiger partial charge in [-0.1, -0.05) is 12.2 Å². The molecule has 0 heterocycles. The van der Waals surface area contributed by atoms with E-state index >= 15 is 0 Å². The van der Waals surface area contributed by atoms with E-state index in [1.165, 1.54) is 0 Å². The lowest BCUT2D eigenvalue weighted by molar-refractivity contribution is 0.0529. The maximum absolute atomic E-state index is 11.3. The molecule has 0 aromatic rings. The van der Waals surface area contributed by atoms with Crippen LogP contribution in [0.2, 0.25) is 0 Å². The molecule has 4 N–H and O–H groups in total. The zero-order valence-corrected chi connectivity index (χ0v) is 11.7. The van der Waals surface area contributed by atoms with Gasteiger partial charge in [-0.15, -0.1) is 0 Å². The van der Waals surface area contributed by atoms with Crippen LogP contribution in [-0.4, -0.2) is 37.3 Å². The monoisotopic (exact) mass is 256 g/mol. The fourth-order valence-corrected chi connectivity index (χ4v) is 0.945. The Morgan fingerprint density at radius 1 is 1.33 bits per heavy atom. The molecule has 18 heavy (non-hydrogen) atoms. The number of carbonyl (C=O) groups excluding carboxylic acids is 1. The number of nitrogens with zero attached hydrogens (tertiary/aromatic N) is 1. The second-order valence-corrected chi connectivity index (χ2v) is 5.01. The van der Waals surface area contributed by atoms with Crippen LogP contribution in [0.3, 0.4) is 0 Å². The van der Waals surface area contributed by atoms with Gasteiger partial charge in [0, 0.05) is 13.1 Å². The molecule has 0 radical (unpaired) electrons. The minimum atomic E-state index is -0.487. The van der Waals surface area contributed by atoms with Gasteiger partial charge in [-0.05, 0) is 27.7 Å². The van der Waals surface area contributed by atoms with Crippen molar-refractivity contribution in [3.05, 3.63) is 12.2 Å². The van der Waals surface area contributed by atoms with Crippen LogP contribution < -0.4 is 16.4 Å². The van der Waals surface area contributed by atoms with Crippen LogP contribution in [0, 0.1) is 0 Å². The molecule has 6 heteroatoms. The number of carbonyl (C=O) groups is 1. The molecule has 0 fully saturated rings. The summed E-state index contributed by atoms with van der Waals surface area (Å²) in [6.45, 7) is 12.4. The number of amides is 1. The number of hydrogen-bond acceptors (Lipinski definition) is 3. The van der Waals surface area contributed by atoms with E-state index in [0.29, 0.717) is 25.6 Å². The summed E-state index contributed by atoms with van der Waals surface area (Å²) in [4.78, 5) is 15.3. The van der Waals surface area contributed by atoms with E-state index in [1.807, 2.05) is 27.7 Å². The Labute approximate surface area is 109 Å². The average molecular weight is 256 g/mol. The van der Waals surface area contributed by atoms with Gasteiger partial charge in [0.1, 0.15) is 5.60 Å². The first-order valence-corrected chi connectivity index (χ1v) is 5.86. The molecule has 0 bridgehead atoms. The number of rotatable bonds is 5. The third-order valence-electron chi connectivity index (χ3n) is 1.62. The Hall–Kier alpha value is -1.72. The second kappa shape index (κ2) is 7.58. The van der Waals surface area contributed by atoms with Gasteiger partial charge < -0.3 is 21.1 Å². The summed E-state index contributed by atoms with van der Waals surface area (Å²) in [7, 11) is 0. The van der Waals surface area contributed by atoms with Crippen LogP contribution in [0.15, 0.2) is 17.1 Å². The molecule has 0 rings (SSSR count). The van der Waals surface area contributed by atoms with Gasteiger partial charge in [0.15, 0.2) is 5.96 Å². The van der Waals surface area contributed by atoms with E-state index in [4.69, 9.17) is 10.5 Å². The Kier molecular flexibility index (Phi) is 6.85. The molecule has 0 aliphatic rings. The van der Waals surface area contributed by atoms with E-state index in [9.17, 15) is 4.79 Å². The molecule has 1 amide bonds. The molecule has 0 aliphatic carbocycles. The molecule has 0 aromatic carbocycles. The van der Waals surface area contributed by atoms with Crippen LogP contribution >= 0.6 is 0 Å². The minimum absolute atomic E-state index is 0.337. The molecule has 0 aromatic heterocycles. The Morgan fingerprint density at radius 3 is 2.39 bits per heavy atom. The summed E-state index contributed by atoms with van der Waals surface area (Å²) in [6.07, 6.45) is -0.443. The van der Waals surface area contributed by atoms with Crippen molar-refractivity contribution < 1.29 is 9.53 Å². The zero-order chi connectivity index (χ0) is 14.2. The number of guanidine groups is 1. The molecule has 0 spiro atoms. The molecule has 0 saturated heterocycles. The normalized spacial score (nSPS) is 11.9. The smallest absolute Gasteiger partial charge is 0.407 e. The SMILES string of the molecule is C=C(C)CN=C(N)NCCNC(=O)OC(C)(C)C. The molecule has 0 atom stereocenters. The van der Waals surface area contributed by atoms with Crippen molar-refractivity contribution in [3.8, 4) is 0 Å². The van der Waals surface area contributed by atoms with Crippen molar-refractivity contribution in [2.24, 2.45) is 10.7 Å². The van der Waals surface area contributed by atoms with Crippen molar-refractivity contribution in [1.82, 2.24) is 10.6 Å². The molecular formula is C12H24N4O2. The lowest BCUT2D eigenvalue weighted by atomic mass is 10.2. The van der Waals surface area contributed by atoms with Gasteiger partial charge in [0.25, 0.3) is 0 Å². The van der Waals surface area contributed by atoms with Gasteiger partial charge in [0.2, 0.25) is 0 Å². The molecule has 0 unspecified atom stereocenters. The quantitative estimate of drug-likeness (QED) is 0.296. The fourth-order valence-electron chi connectivity index (χ4n) is 0.945. The Balaban J connectivity index is 3.71. The topological polar surface area (TPSA) is 88.7 Å². The lowest BCUT2D eigenvalue weighted by Crippen LogP contribution is -2.40. The molecule has 104 valence electrons. The van der Waals surface area contributed by atoms with Gasteiger partial charge >= 0.3 is 6.09 Å². The number of aliphatic imine (C=N–C) groups is 1. The van der Waals surface area contributed by atoms with E-state index in [0.717, 1.165) is 5.57 Å². The summed E-state index contributed by atoms with van der Waals surface area (Å²) in [5.41, 5.74) is 6.04. The van der Waals surface area contributed by atoms with Gasteiger partial charge in [0.05, 0.1) is 6.54 Å². The van der Waals surface area contributed by atoms with Crippen molar-refractivity contribution in [1.29, 1.82) is 0 Å². The van der Waals surface area contributed by atoms with Crippen molar-refractivity contribution in [2.45, 2.75) is 33.3 Å². The summed E-state index contributed by atoms with van der Waals surface area (Å²) >= 11 is 0. The fraction of sp³-hybridized carbons (Fsp3) is 0.667. The maximum Gasteiger partial charge on any atom is 0.407 e. The third kappa shape index (κ3) is 10.8. The zero-order valence-electron chi connectivity index (χ0n) is 11.7. The summed E-state index contributed by atoms with van der Waals surface area (Å²) < 4.78 is 5.07. The van der Waals surface area contributed by atoms with Crippen molar-refractivity contribution in [3.63, 3.8) is 0 Å². The molecular weight excluding hydrogens is 232 g/mol. The number of alkyl carbamates (subject to hydrolysis) is 1. The molecule has 0 saturated carbocycles. The highest BCUT2D eigenvalue weighted by molar-refractivity contribution is 5.78. The van der Waals surface area contributed by atoms with Crippen LogP contribution in [0.25, 0.3) is 0 Å². The minimum Gasteiger partial charge on any atom is -0.444 e. The first-order chi connectivity index (χ1) is 8.20. The van der Waals surface area contributed by atoms with Gasteiger partial charge in [-0.25, -0.2) is 9.79 Å². The van der Waals surface area contributed by atoms with Gasteiger partial charge in [-0.3, -0.25) is 0 Å². The van der Waals surface area contributed by atoms with Crippen LogP contribution in [0.4, 0.5) is 4.79 Å². The number of nitrogens with one attached hydrogen (secondary N) is 2. The van der Waals surface area contributed by atoms with Crippen LogP contribution in [0.5, 0.6) is 0 Å². The maximum atomic E-state index is 11.3. The Bertz CT molecular complexity index is 319. The Morgan fingerprint density at radius 2 is 1.89 bits per heavy atom. The summed E-state index contributed by atoms with van der Waals surface area (Å²) in [5, 5.41) is 5.48. The van der Waals surface area contributed by atoms with Crippen molar-refractivity contribution >= 4 is 12.1 Å². The number of nitrogens with two attached hydrogens (primary N) is 1. The highest BCUT2D eigenvalue weighted by atomic mass is 16.6. The van der Waals surface area contributed by atoms with E-state index in [1.54, 1.807) is 0 Å². The number of ether oxygens (including phenoxy) is 1.